The Morgan fingerprint density at radius 2 is 2.21 bits per heavy atom. The lowest BCUT2D eigenvalue weighted by Gasteiger charge is -2.18. The van der Waals surface area contributed by atoms with E-state index >= 15 is 0 Å². The number of fused-ring (bicyclic) bond motifs is 1. The van der Waals surface area contributed by atoms with E-state index in [-0.39, 0.29) is 12.0 Å². The molecule has 0 aliphatic carbocycles. The summed E-state index contributed by atoms with van der Waals surface area (Å²) in [6, 6.07) is -0.106. The zero-order valence-corrected chi connectivity index (χ0v) is 17.6. The monoisotopic (exact) mass is 405 g/mol. The third kappa shape index (κ3) is 4.49. The second kappa shape index (κ2) is 9.13. The number of carbonyl (C=O) groups is 1. The number of nitrogens with zero attached hydrogens (tertiary/aromatic N) is 5. The summed E-state index contributed by atoms with van der Waals surface area (Å²) in [7, 11) is 1.72. The van der Waals surface area contributed by atoms with Crippen molar-refractivity contribution in [2.45, 2.75) is 59.2 Å². The second-order valence-corrected chi connectivity index (χ2v) is 7.65. The predicted molar refractivity (Wildman–Crippen MR) is 108 cm³/mol. The normalized spacial score (nSPS) is 15.1. The van der Waals surface area contributed by atoms with E-state index < -0.39 is 0 Å². The van der Waals surface area contributed by atoms with Crippen molar-refractivity contribution < 1.29 is 9.53 Å². The predicted octanol–water partition coefficient (Wildman–Crippen LogP) is 1.98. The van der Waals surface area contributed by atoms with Gasteiger partial charge >= 0.3 is 5.97 Å². The maximum atomic E-state index is 12.0. The van der Waals surface area contributed by atoms with Gasteiger partial charge in [0.25, 0.3) is 0 Å². The maximum absolute atomic E-state index is 12.0. The molecule has 0 bridgehead atoms. The van der Waals surface area contributed by atoms with Crippen LogP contribution in [0.2, 0.25) is 0 Å². The van der Waals surface area contributed by atoms with Crippen molar-refractivity contribution in [1.29, 1.82) is 0 Å². The Balaban J connectivity index is 1.61. The molecule has 0 aromatic carbocycles. The smallest absolute Gasteiger partial charge is 0.350 e. The van der Waals surface area contributed by atoms with Gasteiger partial charge in [0.1, 0.15) is 15.7 Å². The first-order valence-electron chi connectivity index (χ1n) is 9.56. The molecule has 0 saturated carbocycles. The van der Waals surface area contributed by atoms with Crippen LogP contribution in [0.4, 0.5) is 0 Å². The molecule has 3 heterocycles. The number of hydrogen-bond acceptors (Lipinski definition) is 7. The van der Waals surface area contributed by atoms with Crippen molar-refractivity contribution in [3.63, 3.8) is 0 Å². The van der Waals surface area contributed by atoms with Crippen LogP contribution in [0, 0.1) is 6.92 Å². The van der Waals surface area contributed by atoms with Gasteiger partial charge in [-0.25, -0.2) is 9.78 Å². The highest BCUT2D eigenvalue weighted by atomic mass is 32.1. The minimum absolute atomic E-state index is 0.106. The summed E-state index contributed by atoms with van der Waals surface area (Å²) in [6.07, 6.45) is 3.32. The summed E-state index contributed by atoms with van der Waals surface area (Å²) in [5.74, 6) is 2.30. The maximum Gasteiger partial charge on any atom is 0.350 e. The number of thiazole rings is 1. The van der Waals surface area contributed by atoms with E-state index in [9.17, 15) is 4.79 Å². The van der Waals surface area contributed by atoms with Gasteiger partial charge in [0.15, 0.2) is 11.8 Å². The van der Waals surface area contributed by atoms with Crippen molar-refractivity contribution in [1.82, 2.24) is 30.4 Å². The van der Waals surface area contributed by atoms with Gasteiger partial charge in [0.05, 0.1) is 24.9 Å². The first kappa shape index (κ1) is 20.2. The van der Waals surface area contributed by atoms with Crippen molar-refractivity contribution in [3.8, 4) is 0 Å². The fraction of sp³-hybridized carbons (Fsp3) is 0.611. The van der Waals surface area contributed by atoms with Crippen LogP contribution in [0.3, 0.4) is 0 Å². The Bertz CT molecular complexity index is 858. The molecule has 0 radical (unpaired) electrons. The average Bonchev–Trinajstić information content (AvgIpc) is 3.29. The molecule has 1 atom stereocenters. The Labute approximate surface area is 168 Å². The number of carbonyl (C=O) groups excluding carboxylic acids is 1. The number of guanidine groups is 1. The average molecular weight is 406 g/mol. The Hall–Kier alpha value is -2.49. The van der Waals surface area contributed by atoms with Crippen LogP contribution in [0.25, 0.3) is 0 Å². The Morgan fingerprint density at radius 3 is 2.96 bits per heavy atom. The number of ether oxygens (including phenoxy) is 1. The summed E-state index contributed by atoms with van der Waals surface area (Å²) < 4.78 is 7.27. The first-order chi connectivity index (χ1) is 13.5. The van der Waals surface area contributed by atoms with E-state index in [1.165, 1.54) is 17.8 Å². The highest BCUT2D eigenvalue weighted by Crippen LogP contribution is 2.24. The van der Waals surface area contributed by atoms with Crippen molar-refractivity contribution in [2.75, 3.05) is 13.7 Å². The van der Waals surface area contributed by atoms with Crippen LogP contribution < -0.4 is 10.6 Å². The molecule has 0 spiro atoms. The molecule has 2 N–H and O–H groups in total. The molecule has 3 rings (SSSR count). The quantitative estimate of drug-likeness (QED) is 0.430. The van der Waals surface area contributed by atoms with E-state index in [1.807, 2.05) is 13.8 Å². The molecule has 0 saturated heterocycles. The third-order valence-corrected chi connectivity index (χ3v) is 5.89. The van der Waals surface area contributed by atoms with Crippen LogP contribution in [0.5, 0.6) is 0 Å². The second-order valence-electron chi connectivity index (χ2n) is 6.62. The number of aryl methyl sites for hydroxylation is 2. The van der Waals surface area contributed by atoms with Crippen LogP contribution in [0.1, 0.15) is 64.8 Å². The Morgan fingerprint density at radius 1 is 1.39 bits per heavy atom. The van der Waals surface area contributed by atoms with E-state index in [4.69, 9.17) is 4.74 Å². The molecular weight excluding hydrogens is 378 g/mol. The van der Waals surface area contributed by atoms with E-state index in [0.29, 0.717) is 29.7 Å². The summed E-state index contributed by atoms with van der Waals surface area (Å²) in [4.78, 5) is 21.3. The van der Waals surface area contributed by atoms with Gasteiger partial charge in [-0.1, -0.05) is 0 Å². The molecule has 0 fully saturated rings. The van der Waals surface area contributed by atoms with Gasteiger partial charge in [-0.3, -0.25) is 4.99 Å². The van der Waals surface area contributed by atoms with E-state index in [2.05, 4.69) is 35.4 Å². The van der Waals surface area contributed by atoms with Gasteiger partial charge in [0, 0.05) is 20.0 Å². The largest absolute Gasteiger partial charge is 0.462 e. The van der Waals surface area contributed by atoms with Crippen LogP contribution in [-0.2, 0) is 24.2 Å². The molecule has 1 aliphatic heterocycles. The number of nitrogens with one attached hydrogen (secondary N) is 2. The summed E-state index contributed by atoms with van der Waals surface area (Å²) in [5, 5.41) is 16.0. The van der Waals surface area contributed by atoms with E-state index in [1.54, 1.807) is 14.0 Å². The molecule has 9 nitrogen and oxygen atoms in total. The zero-order valence-electron chi connectivity index (χ0n) is 16.8. The molecule has 10 heteroatoms. The molecule has 0 amide bonds. The minimum Gasteiger partial charge on any atom is -0.462 e. The summed E-state index contributed by atoms with van der Waals surface area (Å²) in [5.41, 5.74) is 0.685. The van der Waals surface area contributed by atoms with Gasteiger partial charge < -0.3 is 19.9 Å². The molecule has 1 aliphatic rings. The lowest BCUT2D eigenvalue weighted by molar-refractivity contribution is 0.0531. The van der Waals surface area contributed by atoms with Crippen LogP contribution in [-0.4, -0.2) is 45.3 Å². The molecular formula is C18H27N7O2S. The highest BCUT2D eigenvalue weighted by molar-refractivity contribution is 7.13. The topological polar surface area (TPSA) is 106 Å². The number of hydrogen-bond donors (Lipinski definition) is 2. The highest BCUT2D eigenvalue weighted by Gasteiger charge is 2.20. The summed E-state index contributed by atoms with van der Waals surface area (Å²) in [6.45, 7) is 7.46. The molecule has 28 heavy (non-hydrogen) atoms. The van der Waals surface area contributed by atoms with Crippen molar-refractivity contribution >= 4 is 23.3 Å². The fourth-order valence-electron chi connectivity index (χ4n) is 3.11. The molecule has 2 aromatic rings. The SMILES string of the molecule is CCOC(=O)c1sc(C(C)NC(=NC)NCc2nnc3n2CCCC3)nc1C. The van der Waals surface area contributed by atoms with Crippen molar-refractivity contribution in [3.05, 3.63) is 27.2 Å². The zero-order chi connectivity index (χ0) is 20.1. The lowest BCUT2D eigenvalue weighted by atomic mass is 10.2. The first-order valence-corrected chi connectivity index (χ1v) is 10.4. The standard InChI is InChI=1S/C18H27N7O2S/c1-5-27-17(26)15-11(2)21-16(28-15)12(3)22-18(19-4)20-10-14-24-23-13-8-6-7-9-25(13)14/h12H,5-10H2,1-4H3,(H2,19,20,22). The van der Waals surface area contributed by atoms with E-state index in [0.717, 1.165) is 36.0 Å². The summed E-state index contributed by atoms with van der Waals surface area (Å²) >= 11 is 1.35. The molecule has 152 valence electrons. The fourth-order valence-corrected chi connectivity index (χ4v) is 4.08. The molecule has 1 unspecified atom stereocenters. The van der Waals surface area contributed by atoms with Crippen LogP contribution >= 0.6 is 11.3 Å². The number of aliphatic imine (C=N–C) groups is 1. The number of aromatic nitrogens is 4. The molecule has 2 aromatic heterocycles. The minimum atomic E-state index is -0.324. The van der Waals surface area contributed by atoms with Crippen molar-refractivity contribution in [2.24, 2.45) is 4.99 Å². The van der Waals surface area contributed by atoms with Gasteiger partial charge in [-0.15, -0.1) is 21.5 Å². The lowest BCUT2D eigenvalue weighted by Crippen LogP contribution is -2.38. The van der Waals surface area contributed by atoms with Gasteiger partial charge in [-0.2, -0.15) is 0 Å². The van der Waals surface area contributed by atoms with Gasteiger partial charge in [0.2, 0.25) is 0 Å². The number of esters is 1. The van der Waals surface area contributed by atoms with Crippen LogP contribution in [0.15, 0.2) is 4.99 Å². The van der Waals surface area contributed by atoms with Gasteiger partial charge in [-0.05, 0) is 33.6 Å². The Kier molecular flexibility index (Phi) is 6.61. The number of rotatable bonds is 6. The third-order valence-electron chi connectivity index (χ3n) is 4.57.